The predicted molar refractivity (Wildman–Crippen MR) is 100 cm³/mol. The first-order chi connectivity index (χ1) is 9.72. The van der Waals surface area contributed by atoms with Crippen LogP contribution in [0.15, 0.2) is 4.99 Å². The molecule has 0 aliphatic carbocycles. The van der Waals surface area contributed by atoms with E-state index < -0.39 is 15.6 Å². The van der Waals surface area contributed by atoms with Crippen LogP contribution < -0.4 is 15.4 Å². The van der Waals surface area contributed by atoms with Gasteiger partial charge in [0.05, 0.1) is 18.9 Å². The van der Waals surface area contributed by atoms with Crippen molar-refractivity contribution < 1.29 is 13.2 Å². The van der Waals surface area contributed by atoms with E-state index in [0.717, 1.165) is 32.2 Å². The fourth-order valence-corrected chi connectivity index (χ4v) is 3.24. The Morgan fingerprint density at radius 1 is 1.36 bits per heavy atom. The third kappa shape index (κ3) is 9.80. The number of hydrogen-bond acceptors (Lipinski definition) is 4. The standard InChI is InChI=1S/C13H28N4O3S.HI/c1-5-14-12(15-9-11-7-6-8-20-11)16-10-13(2,3)17-21(4,18)19;/h11,17H,5-10H2,1-4H3,(H2,14,15,16);1H. The van der Waals surface area contributed by atoms with Crippen molar-refractivity contribution in [3.63, 3.8) is 0 Å². The van der Waals surface area contributed by atoms with Crippen LogP contribution in [0.4, 0.5) is 0 Å². The Morgan fingerprint density at radius 2 is 2.05 bits per heavy atom. The topological polar surface area (TPSA) is 91.8 Å². The molecule has 1 aliphatic heterocycles. The maximum absolute atomic E-state index is 11.3. The second-order valence-electron chi connectivity index (χ2n) is 5.97. The number of rotatable bonds is 7. The van der Waals surface area contributed by atoms with Crippen LogP contribution in [0.1, 0.15) is 33.6 Å². The average Bonchev–Trinajstić information content (AvgIpc) is 2.83. The number of sulfonamides is 1. The van der Waals surface area contributed by atoms with Crippen molar-refractivity contribution in [2.75, 3.05) is 32.5 Å². The third-order valence-corrected chi connectivity index (χ3v) is 3.88. The van der Waals surface area contributed by atoms with Crippen molar-refractivity contribution >= 4 is 40.0 Å². The van der Waals surface area contributed by atoms with Gasteiger partial charge in [-0.05, 0) is 33.6 Å². The van der Waals surface area contributed by atoms with Crippen LogP contribution in [-0.4, -0.2) is 58.5 Å². The maximum atomic E-state index is 11.3. The highest BCUT2D eigenvalue weighted by Gasteiger charge is 2.22. The van der Waals surface area contributed by atoms with Crippen LogP contribution in [-0.2, 0) is 14.8 Å². The lowest BCUT2D eigenvalue weighted by molar-refractivity contribution is 0.114. The van der Waals surface area contributed by atoms with Crippen molar-refractivity contribution in [2.45, 2.75) is 45.3 Å². The first kappa shape index (κ1) is 21.9. The predicted octanol–water partition coefficient (Wildman–Crippen LogP) is 0.666. The number of nitrogens with one attached hydrogen (secondary N) is 3. The highest BCUT2D eigenvalue weighted by Crippen LogP contribution is 2.10. The van der Waals surface area contributed by atoms with Gasteiger partial charge in [-0.25, -0.2) is 13.1 Å². The second-order valence-corrected chi connectivity index (χ2v) is 7.72. The summed E-state index contributed by atoms with van der Waals surface area (Å²) in [5.74, 6) is 0.677. The van der Waals surface area contributed by atoms with E-state index in [-0.39, 0.29) is 30.1 Å². The Labute approximate surface area is 151 Å². The highest BCUT2D eigenvalue weighted by molar-refractivity contribution is 14.0. The minimum Gasteiger partial charge on any atom is -0.376 e. The summed E-state index contributed by atoms with van der Waals surface area (Å²) in [4.78, 5) is 4.44. The van der Waals surface area contributed by atoms with Gasteiger partial charge in [0.25, 0.3) is 0 Å². The number of nitrogens with zero attached hydrogens (tertiary/aromatic N) is 1. The van der Waals surface area contributed by atoms with E-state index in [2.05, 4.69) is 20.3 Å². The zero-order valence-electron chi connectivity index (χ0n) is 13.8. The van der Waals surface area contributed by atoms with Crippen molar-refractivity contribution in [1.82, 2.24) is 15.4 Å². The summed E-state index contributed by atoms with van der Waals surface area (Å²) >= 11 is 0. The Kier molecular flexibility index (Phi) is 9.83. The minimum atomic E-state index is -3.25. The molecule has 0 spiro atoms. The molecular formula is C13H29IN4O3S. The van der Waals surface area contributed by atoms with Gasteiger partial charge in [0.2, 0.25) is 10.0 Å². The molecule has 1 saturated heterocycles. The lowest BCUT2D eigenvalue weighted by Gasteiger charge is -2.23. The molecule has 1 rings (SSSR count). The van der Waals surface area contributed by atoms with Gasteiger partial charge < -0.3 is 15.4 Å². The first-order valence-corrected chi connectivity index (χ1v) is 9.24. The van der Waals surface area contributed by atoms with Crippen molar-refractivity contribution in [3.05, 3.63) is 0 Å². The molecular weight excluding hydrogens is 419 g/mol. The van der Waals surface area contributed by atoms with Crippen LogP contribution in [0, 0.1) is 0 Å². The summed E-state index contributed by atoms with van der Waals surface area (Å²) in [6, 6.07) is 0. The van der Waals surface area contributed by atoms with Crippen LogP contribution in [0.25, 0.3) is 0 Å². The fourth-order valence-electron chi connectivity index (χ4n) is 2.17. The van der Waals surface area contributed by atoms with Crippen molar-refractivity contribution in [3.8, 4) is 0 Å². The smallest absolute Gasteiger partial charge is 0.209 e. The van der Waals surface area contributed by atoms with Gasteiger partial charge in [0, 0.05) is 25.2 Å². The largest absolute Gasteiger partial charge is 0.376 e. The number of aliphatic imine (C=N–C) groups is 1. The summed E-state index contributed by atoms with van der Waals surface area (Å²) in [5, 5.41) is 6.38. The molecule has 7 nitrogen and oxygen atoms in total. The van der Waals surface area contributed by atoms with Gasteiger partial charge in [-0.1, -0.05) is 0 Å². The summed E-state index contributed by atoms with van der Waals surface area (Å²) < 4.78 is 30.8. The molecule has 0 aromatic rings. The Morgan fingerprint density at radius 3 is 2.55 bits per heavy atom. The zero-order chi connectivity index (χ0) is 15.9. The fraction of sp³-hybridized carbons (Fsp3) is 0.923. The quantitative estimate of drug-likeness (QED) is 0.303. The van der Waals surface area contributed by atoms with Gasteiger partial charge in [0.15, 0.2) is 5.96 Å². The molecule has 0 amide bonds. The number of ether oxygens (including phenoxy) is 1. The molecule has 1 fully saturated rings. The summed E-state index contributed by atoms with van der Waals surface area (Å²) in [6.45, 7) is 8.24. The van der Waals surface area contributed by atoms with Gasteiger partial charge >= 0.3 is 0 Å². The van der Waals surface area contributed by atoms with E-state index in [4.69, 9.17) is 4.74 Å². The van der Waals surface area contributed by atoms with E-state index >= 15 is 0 Å². The Bertz CT molecular complexity index is 448. The van der Waals surface area contributed by atoms with Gasteiger partial charge in [0.1, 0.15) is 0 Å². The van der Waals surface area contributed by atoms with Crippen molar-refractivity contribution in [1.29, 1.82) is 0 Å². The zero-order valence-corrected chi connectivity index (χ0v) is 17.0. The maximum Gasteiger partial charge on any atom is 0.209 e. The monoisotopic (exact) mass is 448 g/mol. The van der Waals surface area contributed by atoms with Gasteiger partial charge in [-0.15, -0.1) is 24.0 Å². The molecule has 1 atom stereocenters. The second kappa shape index (κ2) is 9.89. The highest BCUT2D eigenvalue weighted by atomic mass is 127. The lowest BCUT2D eigenvalue weighted by Crippen LogP contribution is -2.47. The van der Waals surface area contributed by atoms with Crippen LogP contribution >= 0.6 is 24.0 Å². The molecule has 1 unspecified atom stereocenters. The lowest BCUT2D eigenvalue weighted by atomic mass is 10.1. The van der Waals surface area contributed by atoms with Gasteiger partial charge in [-0.2, -0.15) is 0 Å². The molecule has 22 heavy (non-hydrogen) atoms. The van der Waals surface area contributed by atoms with Crippen LogP contribution in [0.2, 0.25) is 0 Å². The molecule has 9 heteroatoms. The average molecular weight is 448 g/mol. The van der Waals surface area contributed by atoms with Crippen LogP contribution in [0.3, 0.4) is 0 Å². The molecule has 3 N–H and O–H groups in total. The van der Waals surface area contributed by atoms with E-state index in [9.17, 15) is 8.42 Å². The van der Waals surface area contributed by atoms with E-state index in [1.807, 2.05) is 6.92 Å². The van der Waals surface area contributed by atoms with Crippen molar-refractivity contribution in [2.24, 2.45) is 4.99 Å². The number of halogens is 1. The number of hydrogen-bond donors (Lipinski definition) is 3. The molecule has 0 aromatic heterocycles. The third-order valence-electron chi connectivity index (χ3n) is 2.96. The van der Waals surface area contributed by atoms with E-state index in [0.29, 0.717) is 19.0 Å². The molecule has 0 saturated carbocycles. The van der Waals surface area contributed by atoms with E-state index in [1.165, 1.54) is 0 Å². The molecule has 0 aromatic carbocycles. The summed E-state index contributed by atoms with van der Waals surface area (Å²) in [5.41, 5.74) is -0.625. The molecule has 1 heterocycles. The Hall–Kier alpha value is -0.130. The minimum absolute atomic E-state index is 0. The SMILES string of the molecule is CCNC(=NCC(C)(C)NS(C)(=O)=O)NCC1CCCO1.I. The normalized spacial score (nSPS) is 19.6. The van der Waals surface area contributed by atoms with Gasteiger partial charge in [-0.3, -0.25) is 4.99 Å². The summed E-state index contributed by atoms with van der Waals surface area (Å²) in [6.07, 6.45) is 3.55. The molecule has 0 radical (unpaired) electrons. The molecule has 1 aliphatic rings. The Balaban J connectivity index is 0.00000441. The molecule has 132 valence electrons. The summed E-state index contributed by atoms with van der Waals surface area (Å²) in [7, 11) is -3.25. The number of guanidine groups is 1. The first-order valence-electron chi connectivity index (χ1n) is 7.34. The molecule has 0 bridgehead atoms. The van der Waals surface area contributed by atoms with Crippen LogP contribution in [0.5, 0.6) is 0 Å². The van der Waals surface area contributed by atoms with E-state index in [1.54, 1.807) is 13.8 Å².